The van der Waals surface area contributed by atoms with Gasteiger partial charge >= 0.3 is 0 Å². The van der Waals surface area contributed by atoms with Gasteiger partial charge in [-0.15, -0.1) is 10.2 Å². The summed E-state index contributed by atoms with van der Waals surface area (Å²) in [5.74, 6) is 1.82. The van der Waals surface area contributed by atoms with E-state index in [4.69, 9.17) is 9.26 Å². The Morgan fingerprint density at radius 2 is 2.38 bits per heavy atom. The molecule has 4 heterocycles. The summed E-state index contributed by atoms with van der Waals surface area (Å²) in [6, 6.07) is 1.96. The van der Waals surface area contributed by atoms with Gasteiger partial charge in [-0.3, -0.25) is 0 Å². The van der Waals surface area contributed by atoms with E-state index in [0.29, 0.717) is 23.6 Å². The summed E-state index contributed by atoms with van der Waals surface area (Å²) in [7, 11) is 0. The third-order valence-corrected chi connectivity index (χ3v) is 6.17. The molecule has 0 spiro atoms. The summed E-state index contributed by atoms with van der Waals surface area (Å²) >= 11 is 4.69. The van der Waals surface area contributed by atoms with Crippen LogP contribution in [0.2, 0.25) is 0 Å². The first-order valence-corrected chi connectivity index (χ1v) is 10.3. The van der Waals surface area contributed by atoms with Gasteiger partial charge in [0, 0.05) is 18.5 Å². The number of hydrogen-bond acceptors (Lipinski definition) is 10. The van der Waals surface area contributed by atoms with Gasteiger partial charge in [0.1, 0.15) is 0 Å². The van der Waals surface area contributed by atoms with Gasteiger partial charge in [-0.1, -0.05) is 28.3 Å². The van der Waals surface area contributed by atoms with Crippen molar-refractivity contribution < 1.29 is 9.26 Å². The Balaban J connectivity index is 1.28. The lowest BCUT2D eigenvalue weighted by Gasteiger charge is -2.08. The zero-order chi connectivity index (χ0) is 16.2. The fourth-order valence-electron chi connectivity index (χ4n) is 2.29. The molecule has 1 N–H and O–H groups in total. The lowest BCUT2D eigenvalue weighted by molar-refractivity contribution is 0.120. The first-order chi connectivity index (χ1) is 11.9. The standard InChI is InChI=1S/C14H15N5O2S3/c1-2-10(20-4-1)6-15-13-17-18-14(24-13)23-8-11-16-12(21-19-11)9-3-5-22-7-9/h3,5,7,10H,1-2,4,6,8H2,(H,15,17). The van der Waals surface area contributed by atoms with Gasteiger partial charge in [0.15, 0.2) is 10.2 Å². The molecule has 3 aromatic heterocycles. The number of aromatic nitrogens is 4. The minimum Gasteiger partial charge on any atom is -0.376 e. The van der Waals surface area contributed by atoms with Crippen molar-refractivity contribution in [3.8, 4) is 11.5 Å². The van der Waals surface area contributed by atoms with E-state index in [-0.39, 0.29) is 0 Å². The van der Waals surface area contributed by atoms with Crippen molar-refractivity contribution in [1.29, 1.82) is 0 Å². The third kappa shape index (κ3) is 3.94. The van der Waals surface area contributed by atoms with Gasteiger partial charge in [-0.05, 0) is 24.3 Å². The van der Waals surface area contributed by atoms with Crippen molar-refractivity contribution in [1.82, 2.24) is 20.3 Å². The normalized spacial score (nSPS) is 17.4. The van der Waals surface area contributed by atoms with Crippen LogP contribution in [-0.4, -0.2) is 39.6 Å². The van der Waals surface area contributed by atoms with E-state index in [2.05, 4.69) is 25.7 Å². The van der Waals surface area contributed by atoms with Gasteiger partial charge < -0.3 is 14.6 Å². The number of anilines is 1. The molecule has 1 unspecified atom stereocenters. The summed E-state index contributed by atoms with van der Waals surface area (Å²) in [5.41, 5.74) is 0.959. The Hall–Kier alpha value is -1.49. The topological polar surface area (TPSA) is 86.0 Å². The Morgan fingerprint density at radius 1 is 1.38 bits per heavy atom. The number of hydrogen-bond donors (Lipinski definition) is 1. The molecule has 0 amide bonds. The Morgan fingerprint density at radius 3 is 3.21 bits per heavy atom. The number of thioether (sulfide) groups is 1. The summed E-state index contributed by atoms with van der Waals surface area (Å²) in [6.07, 6.45) is 2.54. The highest BCUT2D eigenvalue weighted by Gasteiger charge is 2.16. The maximum absolute atomic E-state index is 5.58. The first kappa shape index (κ1) is 16.0. The average molecular weight is 382 g/mol. The van der Waals surface area contributed by atoms with Crippen molar-refractivity contribution in [2.75, 3.05) is 18.5 Å². The minimum atomic E-state index is 0.292. The van der Waals surface area contributed by atoms with Crippen molar-refractivity contribution >= 4 is 39.6 Å². The Labute approximate surface area is 150 Å². The first-order valence-electron chi connectivity index (χ1n) is 7.54. The Kier molecular flexibility index (Phi) is 5.07. The van der Waals surface area contributed by atoms with E-state index in [1.807, 2.05) is 16.8 Å². The maximum Gasteiger partial charge on any atom is 0.258 e. The van der Waals surface area contributed by atoms with Gasteiger partial charge in [0.25, 0.3) is 5.89 Å². The largest absolute Gasteiger partial charge is 0.376 e. The summed E-state index contributed by atoms with van der Waals surface area (Å²) in [5, 5.41) is 20.4. The average Bonchev–Trinajstić information content (AvgIpc) is 3.40. The van der Waals surface area contributed by atoms with Crippen LogP contribution in [0.15, 0.2) is 25.7 Å². The van der Waals surface area contributed by atoms with Crippen molar-refractivity contribution in [2.24, 2.45) is 0 Å². The van der Waals surface area contributed by atoms with Crippen LogP contribution in [-0.2, 0) is 10.5 Å². The summed E-state index contributed by atoms with van der Waals surface area (Å²) < 4.78 is 11.7. The second-order valence-corrected chi connectivity index (χ2v) is 8.19. The predicted octanol–water partition coefficient (Wildman–Crippen LogP) is 3.53. The zero-order valence-electron chi connectivity index (χ0n) is 12.7. The molecular formula is C14H15N5O2S3. The van der Waals surface area contributed by atoms with Crippen LogP contribution < -0.4 is 5.32 Å². The molecule has 7 nitrogen and oxygen atoms in total. The molecule has 0 bridgehead atoms. The maximum atomic E-state index is 5.58. The smallest absolute Gasteiger partial charge is 0.258 e. The molecule has 1 aliphatic heterocycles. The molecule has 0 radical (unpaired) electrons. The minimum absolute atomic E-state index is 0.292. The molecule has 1 fully saturated rings. The highest BCUT2D eigenvalue weighted by Crippen LogP contribution is 2.29. The van der Waals surface area contributed by atoms with Crippen LogP contribution in [0.3, 0.4) is 0 Å². The van der Waals surface area contributed by atoms with Crippen LogP contribution in [0, 0.1) is 0 Å². The van der Waals surface area contributed by atoms with E-state index >= 15 is 0 Å². The Bertz CT molecular complexity index is 767. The molecule has 0 saturated carbocycles. The number of nitrogens with zero attached hydrogens (tertiary/aromatic N) is 4. The van der Waals surface area contributed by atoms with Crippen LogP contribution >= 0.6 is 34.4 Å². The highest BCUT2D eigenvalue weighted by molar-refractivity contribution is 8.00. The monoisotopic (exact) mass is 381 g/mol. The second-order valence-electron chi connectivity index (χ2n) is 5.21. The number of thiophene rings is 1. The van der Waals surface area contributed by atoms with Crippen molar-refractivity contribution in [3.63, 3.8) is 0 Å². The summed E-state index contributed by atoms with van der Waals surface area (Å²) in [4.78, 5) is 4.40. The molecule has 1 saturated heterocycles. The van der Waals surface area contributed by atoms with Gasteiger partial charge in [0.05, 0.1) is 17.4 Å². The molecule has 3 aromatic rings. The molecule has 1 aliphatic rings. The predicted molar refractivity (Wildman–Crippen MR) is 94.5 cm³/mol. The van der Waals surface area contributed by atoms with Crippen molar-refractivity contribution in [3.05, 3.63) is 22.7 Å². The number of rotatable bonds is 7. The van der Waals surface area contributed by atoms with Gasteiger partial charge in [-0.2, -0.15) is 16.3 Å². The van der Waals surface area contributed by atoms with E-state index in [1.165, 1.54) is 11.3 Å². The van der Waals surface area contributed by atoms with E-state index in [0.717, 1.165) is 41.0 Å². The number of ether oxygens (including phenoxy) is 1. The van der Waals surface area contributed by atoms with Crippen LogP contribution in [0.5, 0.6) is 0 Å². The quantitative estimate of drug-likeness (QED) is 0.622. The van der Waals surface area contributed by atoms with Crippen LogP contribution in [0.4, 0.5) is 5.13 Å². The lowest BCUT2D eigenvalue weighted by Crippen LogP contribution is -2.18. The van der Waals surface area contributed by atoms with E-state index in [9.17, 15) is 0 Å². The molecule has 126 valence electrons. The fourth-order valence-corrected chi connectivity index (χ4v) is 4.52. The zero-order valence-corrected chi connectivity index (χ0v) is 15.1. The molecule has 0 aromatic carbocycles. The molecule has 4 rings (SSSR count). The molecule has 10 heteroatoms. The molecular weight excluding hydrogens is 366 g/mol. The number of nitrogens with one attached hydrogen (secondary N) is 1. The molecule has 24 heavy (non-hydrogen) atoms. The lowest BCUT2D eigenvalue weighted by atomic mass is 10.2. The van der Waals surface area contributed by atoms with E-state index < -0.39 is 0 Å². The van der Waals surface area contributed by atoms with Crippen molar-refractivity contribution in [2.45, 2.75) is 29.0 Å². The summed E-state index contributed by atoms with van der Waals surface area (Å²) in [6.45, 7) is 1.65. The SMILES string of the molecule is c1cc(-c2nc(CSc3nnc(NCC4CCCO4)s3)no2)cs1. The fraction of sp³-hybridized carbons (Fsp3) is 0.429. The highest BCUT2D eigenvalue weighted by atomic mass is 32.2. The van der Waals surface area contributed by atoms with Crippen LogP contribution in [0.25, 0.3) is 11.5 Å². The van der Waals surface area contributed by atoms with E-state index in [1.54, 1.807) is 23.1 Å². The molecule has 0 aliphatic carbocycles. The second kappa shape index (κ2) is 7.60. The van der Waals surface area contributed by atoms with Crippen LogP contribution in [0.1, 0.15) is 18.7 Å². The van der Waals surface area contributed by atoms with Gasteiger partial charge in [-0.25, -0.2) is 0 Å². The molecule has 1 atom stereocenters. The third-order valence-electron chi connectivity index (χ3n) is 3.47. The van der Waals surface area contributed by atoms with Gasteiger partial charge in [0.2, 0.25) is 5.13 Å².